The molecule has 0 saturated carbocycles. The highest BCUT2D eigenvalue weighted by Gasteiger charge is 2.43. The molecule has 6 heteroatoms. The molecule has 2 aliphatic rings. The van der Waals surface area contributed by atoms with Gasteiger partial charge in [0.15, 0.2) is 0 Å². The smallest absolute Gasteiger partial charge is 0.327 e. The Morgan fingerprint density at radius 1 is 1.47 bits per heavy atom. The van der Waals surface area contributed by atoms with Gasteiger partial charge in [-0.1, -0.05) is 0 Å². The predicted octanol–water partition coefficient (Wildman–Crippen LogP) is 0.505. The zero-order chi connectivity index (χ0) is 12.5. The first-order valence-corrected chi connectivity index (χ1v) is 7.07. The molecule has 2 saturated heterocycles. The Hall–Kier alpha value is -0.750. The molecule has 0 aromatic carbocycles. The van der Waals surface area contributed by atoms with E-state index in [4.69, 9.17) is 5.11 Å². The average Bonchev–Trinajstić information content (AvgIpc) is 2.77. The molecule has 5 nitrogen and oxygen atoms in total. The summed E-state index contributed by atoms with van der Waals surface area (Å²) in [5, 5.41) is 12.3. The molecule has 0 aliphatic carbocycles. The van der Waals surface area contributed by atoms with Crippen LogP contribution in [0.25, 0.3) is 0 Å². The molecule has 2 fully saturated rings. The van der Waals surface area contributed by atoms with E-state index in [-0.39, 0.29) is 5.91 Å². The number of hydrogen-bond donors (Lipinski definition) is 2. The Labute approximate surface area is 105 Å². The largest absolute Gasteiger partial charge is 0.480 e. The zero-order valence-corrected chi connectivity index (χ0v) is 10.8. The fraction of sp³-hybridized carbons (Fsp3) is 0.818. The van der Waals surface area contributed by atoms with E-state index in [0.717, 1.165) is 25.8 Å². The number of thioether (sulfide) groups is 1. The highest BCUT2D eigenvalue weighted by atomic mass is 32.2. The molecule has 96 valence electrons. The number of nitrogens with zero attached hydrogens (tertiary/aromatic N) is 1. The van der Waals surface area contributed by atoms with Crippen LogP contribution >= 0.6 is 11.8 Å². The molecule has 2 heterocycles. The monoisotopic (exact) mass is 258 g/mol. The van der Waals surface area contributed by atoms with Gasteiger partial charge in [0.1, 0.15) is 6.04 Å². The first-order valence-electron chi connectivity index (χ1n) is 5.91. The summed E-state index contributed by atoms with van der Waals surface area (Å²) in [6.07, 6.45) is 2.90. The van der Waals surface area contributed by atoms with E-state index < -0.39 is 17.6 Å². The number of carbonyl (C=O) groups is 2. The van der Waals surface area contributed by atoms with Gasteiger partial charge in [-0.15, -0.1) is 11.8 Å². The zero-order valence-electron chi connectivity index (χ0n) is 9.94. The lowest BCUT2D eigenvalue weighted by Crippen LogP contribution is -2.59. The Morgan fingerprint density at radius 3 is 2.82 bits per heavy atom. The number of piperidine rings is 1. The van der Waals surface area contributed by atoms with Crippen LogP contribution in [-0.4, -0.2) is 51.6 Å². The summed E-state index contributed by atoms with van der Waals surface area (Å²) in [7, 11) is 0. The Morgan fingerprint density at radius 2 is 2.24 bits per heavy atom. The van der Waals surface area contributed by atoms with Crippen molar-refractivity contribution in [3.63, 3.8) is 0 Å². The lowest BCUT2D eigenvalue weighted by molar-refractivity contribution is -0.150. The van der Waals surface area contributed by atoms with Crippen LogP contribution < -0.4 is 5.32 Å². The standard InChI is InChI=1S/C11H18N2O3S/c1-11(4-2-3-5-12-11)10(16)13-7-17-6-8(13)9(14)15/h8,12H,2-7H2,1H3,(H,14,15). The lowest BCUT2D eigenvalue weighted by atomic mass is 9.89. The molecule has 0 aromatic heterocycles. The van der Waals surface area contributed by atoms with Crippen LogP contribution in [-0.2, 0) is 9.59 Å². The van der Waals surface area contributed by atoms with Gasteiger partial charge in [-0.05, 0) is 32.7 Å². The Kier molecular flexibility index (Phi) is 3.63. The lowest BCUT2D eigenvalue weighted by Gasteiger charge is -2.37. The summed E-state index contributed by atoms with van der Waals surface area (Å²) >= 11 is 1.51. The summed E-state index contributed by atoms with van der Waals surface area (Å²) in [6, 6.07) is -0.659. The summed E-state index contributed by atoms with van der Waals surface area (Å²) in [6.45, 7) is 2.72. The van der Waals surface area contributed by atoms with Crippen LogP contribution in [0.1, 0.15) is 26.2 Å². The SMILES string of the molecule is CC1(C(=O)N2CSCC2C(=O)O)CCCCN1. The molecule has 0 spiro atoms. The third kappa shape index (κ3) is 2.42. The van der Waals surface area contributed by atoms with Crippen molar-refractivity contribution in [3.8, 4) is 0 Å². The minimum atomic E-state index is -0.900. The number of aliphatic carboxylic acids is 1. The molecule has 2 aliphatic heterocycles. The van der Waals surface area contributed by atoms with E-state index in [9.17, 15) is 9.59 Å². The molecular formula is C11H18N2O3S. The van der Waals surface area contributed by atoms with Crippen molar-refractivity contribution in [2.24, 2.45) is 0 Å². The molecule has 2 rings (SSSR count). The molecule has 2 unspecified atom stereocenters. The van der Waals surface area contributed by atoms with E-state index in [0.29, 0.717) is 11.6 Å². The second kappa shape index (κ2) is 4.86. The minimum absolute atomic E-state index is 0.0606. The van der Waals surface area contributed by atoms with Crippen molar-refractivity contribution < 1.29 is 14.7 Å². The maximum Gasteiger partial charge on any atom is 0.327 e. The second-order valence-electron chi connectivity index (χ2n) is 4.84. The van der Waals surface area contributed by atoms with E-state index in [2.05, 4.69) is 5.32 Å². The van der Waals surface area contributed by atoms with Crippen LogP contribution in [0.15, 0.2) is 0 Å². The van der Waals surface area contributed by atoms with Gasteiger partial charge in [-0.25, -0.2) is 4.79 Å². The molecule has 2 atom stereocenters. The third-order valence-corrected chi connectivity index (χ3v) is 4.53. The molecule has 0 bridgehead atoms. The molecule has 0 radical (unpaired) electrons. The highest BCUT2D eigenvalue weighted by Crippen LogP contribution is 2.28. The van der Waals surface area contributed by atoms with E-state index in [1.807, 2.05) is 6.92 Å². The first kappa shape index (κ1) is 12.7. The quantitative estimate of drug-likeness (QED) is 0.755. The molecule has 1 amide bonds. The molecule has 0 aromatic rings. The van der Waals surface area contributed by atoms with Crippen molar-refractivity contribution in [1.29, 1.82) is 0 Å². The van der Waals surface area contributed by atoms with Crippen molar-refractivity contribution in [1.82, 2.24) is 10.2 Å². The fourth-order valence-electron chi connectivity index (χ4n) is 2.40. The van der Waals surface area contributed by atoms with Crippen molar-refractivity contribution in [3.05, 3.63) is 0 Å². The second-order valence-corrected chi connectivity index (χ2v) is 5.84. The van der Waals surface area contributed by atoms with Crippen LogP contribution in [0.3, 0.4) is 0 Å². The van der Waals surface area contributed by atoms with Crippen LogP contribution in [0.4, 0.5) is 0 Å². The van der Waals surface area contributed by atoms with Gasteiger partial charge >= 0.3 is 5.97 Å². The molecular weight excluding hydrogens is 240 g/mol. The fourth-order valence-corrected chi connectivity index (χ4v) is 3.55. The van der Waals surface area contributed by atoms with Gasteiger partial charge in [0, 0.05) is 5.75 Å². The Bertz CT molecular complexity index is 329. The third-order valence-electron chi connectivity index (χ3n) is 3.52. The van der Waals surface area contributed by atoms with Gasteiger partial charge < -0.3 is 15.3 Å². The van der Waals surface area contributed by atoms with Crippen molar-refractivity contribution in [2.45, 2.75) is 37.8 Å². The predicted molar refractivity (Wildman–Crippen MR) is 65.9 cm³/mol. The van der Waals surface area contributed by atoms with Gasteiger partial charge in [0.2, 0.25) is 5.91 Å². The van der Waals surface area contributed by atoms with Gasteiger partial charge in [-0.3, -0.25) is 4.79 Å². The van der Waals surface area contributed by atoms with E-state index in [1.165, 1.54) is 16.7 Å². The maximum atomic E-state index is 12.4. The van der Waals surface area contributed by atoms with E-state index in [1.54, 1.807) is 0 Å². The maximum absolute atomic E-state index is 12.4. The van der Waals surface area contributed by atoms with Crippen molar-refractivity contribution in [2.75, 3.05) is 18.2 Å². The summed E-state index contributed by atoms with van der Waals surface area (Å²) in [5.74, 6) is 0.0295. The topological polar surface area (TPSA) is 69.6 Å². The number of nitrogens with one attached hydrogen (secondary N) is 1. The summed E-state index contributed by atoms with van der Waals surface area (Å²) < 4.78 is 0. The van der Waals surface area contributed by atoms with Crippen LogP contribution in [0, 0.1) is 0 Å². The number of hydrogen-bond acceptors (Lipinski definition) is 4. The number of rotatable bonds is 2. The summed E-state index contributed by atoms with van der Waals surface area (Å²) in [5.41, 5.74) is -0.573. The summed E-state index contributed by atoms with van der Waals surface area (Å²) in [4.78, 5) is 25.0. The van der Waals surface area contributed by atoms with Crippen molar-refractivity contribution >= 4 is 23.6 Å². The highest BCUT2D eigenvalue weighted by molar-refractivity contribution is 7.99. The van der Waals surface area contributed by atoms with Gasteiger partial charge in [-0.2, -0.15) is 0 Å². The van der Waals surface area contributed by atoms with Crippen LogP contribution in [0.2, 0.25) is 0 Å². The normalized spacial score (nSPS) is 33.7. The number of amides is 1. The molecule has 17 heavy (non-hydrogen) atoms. The number of carbonyl (C=O) groups excluding carboxylic acids is 1. The van der Waals surface area contributed by atoms with Gasteiger partial charge in [0.25, 0.3) is 0 Å². The van der Waals surface area contributed by atoms with E-state index >= 15 is 0 Å². The first-order chi connectivity index (χ1) is 8.04. The average molecular weight is 258 g/mol. The van der Waals surface area contributed by atoms with Crippen LogP contribution in [0.5, 0.6) is 0 Å². The molecule has 2 N–H and O–H groups in total. The number of carboxylic acids is 1. The Balaban J connectivity index is 2.10. The minimum Gasteiger partial charge on any atom is -0.480 e. The number of carboxylic acid groups (broad SMARTS) is 1. The van der Waals surface area contributed by atoms with Gasteiger partial charge in [0.05, 0.1) is 11.4 Å².